The topological polar surface area (TPSA) is 88.1 Å². The summed E-state index contributed by atoms with van der Waals surface area (Å²) in [4.78, 5) is 19.1. The maximum atomic E-state index is 12.6. The molecule has 2 atom stereocenters. The van der Waals surface area contributed by atoms with E-state index in [4.69, 9.17) is 4.74 Å². The van der Waals surface area contributed by atoms with Gasteiger partial charge in [-0.2, -0.15) is 5.10 Å². The molecule has 0 aliphatic carbocycles. The van der Waals surface area contributed by atoms with Crippen molar-refractivity contribution in [3.05, 3.63) is 48.0 Å². The Kier molecular flexibility index (Phi) is 4.91. The third-order valence-electron chi connectivity index (χ3n) is 4.88. The van der Waals surface area contributed by atoms with E-state index in [0.717, 1.165) is 29.8 Å². The number of carbonyl (C=O) groups excluding carboxylic acids is 1. The van der Waals surface area contributed by atoms with Crippen LogP contribution < -0.4 is 5.32 Å². The highest BCUT2D eigenvalue weighted by Crippen LogP contribution is 2.15. The van der Waals surface area contributed by atoms with Crippen molar-refractivity contribution in [1.82, 2.24) is 30.0 Å². The van der Waals surface area contributed by atoms with E-state index in [1.165, 1.54) is 0 Å². The summed E-state index contributed by atoms with van der Waals surface area (Å²) >= 11 is 0. The number of para-hydroxylation sites is 2. The fourth-order valence-corrected chi connectivity index (χ4v) is 3.60. The van der Waals surface area contributed by atoms with Gasteiger partial charge in [0.25, 0.3) is 5.91 Å². The number of aromatic nitrogens is 4. The molecule has 8 heteroatoms. The Hall–Kier alpha value is -2.71. The van der Waals surface area contributed by atoms with Crippen LogP contribution in [0, 0.1) is 0 Å². The summed E-state index contributed by atoms with van der Waals surface area (Å²) in [6.45, 7) is 4.77. The highest BCUT2D eigenvalue weighted by atomic mass is 16.5. The molecular formula is C19H24N6O2. The summed E-state index contributed by atoms with van der Waals surface area (Å²) in [6, 6.07) is 9.72. The van der Waals surface area contributed by atoms with Gasteiger partial charge < -0.3 is 19.5 Å². The molecule has 142 valence electrons. The zero-order chi connectivity index (χ0) is 18.8. The van der Waals surface area contributed by atoms with Crippen LogP contribution in [0.2, 0.25) is 0 Å². The molecule has 0 bridgehead atoms. The Bertz CT molecular complexity index is 933. The summed E-state index contributed by atoms with van der Waals surface area (Å²) in [5.74, 6) is -0.182. The van der Waals surface area contributed by atoms with Crippen LogP contribution in [0.5, 0.6) is 0 Å². The van der Waals surface area contributed by atoms with Gasteiger partial charge in [-0.25, -0.2) is 4.98 Å². The van der Waals surface area contributed by atoms with Crippen molar-refractivity contribution < 1.29 is 9.53 Å². The second-order valence-electron chi connectivity index (χ2n) is 6.93. The van der Waals surface area contributed by atoms with Gasteiger partial charge in [0.1, 0.15) is 5.69 Å². The normalized spacial score (nSPS) is 20.4. The van der Waals surface area contributed by atoms with Gasteiger partial charge in [-0.1, -0.05) is 12.1 Å². The molecule has 1 aromatic carbocycles. The number of amides is 1. The van der Waals surface area contributed by atoms with Gasteiger partial charge in [-0.3, -0.25) is 9.89 Å². The Morgan fingerprint density at radius 2 is 2.22 bits per heavy atom. The molecule has 1 aliphatic rings. The van der Waals surface area contributed by atoms with E-state index in [0.29, 0.717) is 18.8 Å². The molecule has 3 heterocycles. The second-order valence-corrected chi connectivity index (χ2v) is 6.93. The van der Waals surface area contributed by atoms with E-state index >= 15 is 0 Å². The predicted molar refractivity (Wildman–Crippen MR) is 102 cm³/mol. The van der Waals surface area contributed by atoms with E-state index in [1.807, 2.05) is 42.8 Å². The number of imidazole rings is 1. The van der Waals surface area contributed by atoms with Crippen molar-refractivity contribution in [2.24, 2.45) is 0 Å². The van der Waals surface area contributed by atoms with Gasteiger partial charge >= 0.3 is 0 Å². The van der Waals surface area contributed by atoms with Crippen molar-refractivity contribution in [3.63, 3.8) is 0 Å². The van der Waals surface area contributed by atoms with Crippen LogP contribution in [-0.4, -0.2) is 69.4 Å². The van der Waals surface area contributed by atoms with Crippen LogP contribution in [0.3, 0.4) is 0 Å². The van der Waals surface area contributed by atoms with Crippen molar-refractivity contribution in [1.29, 1.82) is 0 Å². The highest BCUT2D eigenvalue weighted by Gasteiger charge is 2.33. The first-order chi connectivity index (χ1) is 13.1. The molecule has 1 saturated heterocycles. The van der Waals surface area contributed by atoms with Crippen LogP contribution in [0.15, 0.2) is 36.7 Å². The minimum absolute atomic E-state index is 0.0136. The molecule has 2 aromatic heterocycles. The number of ether oxygens (including phenoxy) is 1. The molecule has 1 amide bonds. The SMILES string of the molecule is CCO[C@@H]1CN(C)C[C@H]1NC(=O)c1cc(Cn2cnc3ccccc32)[nH]n1. The summed E-state index contributed by atoms with van der Waals surface area (Å²) in [5, 5.41) is 10.2. The number of likely N-dealkylation sites (N-methyl/N-ethyl adjacent to an activating group) is 1. The van der Waals surface area contributed by atoms with E-state index in [-0.39, 0.29) is 18.1 Å². The number of rotatable bonds is 6. The Balaban J connectivity index is 1.43. The van der Waals surface area contributed by atoms with Gasteiger partial charge in [0.05, 0.1) is 41.7 Å². The fraction of sp³-hybridized carbons (Fsp3) is 0.421. The maximum Gasteiger partial charge on any atom is 0.272 e. The molecule has 1 aliphatic heterocycles. The lowest BCUT2D eigenvalue weighted by atomic mass is 10.2. The molecule has 8 nitrogen and oxygen atoms in total. The van der Waals surface area contributed by atoms with E-state index in [9.17, 15) is 4.79 Å². The van der Waals surface area contributed by atoms with E-state index in [1.54, 1.807) is 12.4 Å². The molecule has 3 aromatic rings. The van der Waals surface area contributed by atoms with Gasteiger partial charge in [0, 0.05) is 19.7 Å². The number of nitrogens with zero attached hydrogens (tertiary/aromatic N) is 4. The maximum absolute atomic E-state index is 12.6. The third-order valence-corrected chi connectivity index (χ3v) is 4.88. The predicted octanol–water partition coefficient (Wildman–Crippen LogP) is 1.26. The first kappa shape index (κ1) is 17.7. The first-order valence-corrected chi connectivity index (χ1v) is 9.19. The standard InChI is InChI=1S/C19H24N6O2/c1-3-27-18-11-24(2)10-16(18)21-19(26)15-8-13(22-23-15)9-25-12-20-14-6-4-5-7-17(14)25/h4-8,12,16,18H,3,9-11H2,1-2H3,(H,21,26)(H,22,23)/t16-,18-/m1/s1. The van der Waals surface area contributed by atoms with Gasteiger partial charge in [0.15, 0.2) is 0 Å². The molecule has 0 saturated carbocycles. The van der Waals surface area contributed by atoms with Crippen LogP contribution in [0.1, 0.15) is 23.1 Å². The van der Waals surface area contributed by atoms with Crippen molar-refractivity contribution in [3.8, 4) is 0 Å². The monoisotopic (exact) mass is 368 g/mol. The summed E-state index contributed by atoms with van der Waals surface area (Å²) < 4.78 is 7.77. The van der Waals surface area contributed by atoms with Crippen LogP contribution >= 0.6 is 0 Å². The second kappa shape index (κ2) is 7.50. The molecule has 27 heavy (non-hydrogen) atoms. The number of likely N-dealkylation sites (tertiary alicyclic amines) is 1. The lowest BCUT2D eigenvalue weighted by Crippen LogP contribution is -2.44. The highest BCUT2D eigenvalue weighted by molar-refractivity contribution is 5.92. The van der Waals surface area contributed by atoms with Crippen LogP contribution in [0.4, 0.5) is 0 Å². The van der Waals surface area contributed by atoms with Gasteiger partial charge in [-0.15, -0.1) is 0 Å². The number of fused-ring (bicyclic) bond motifs is 1. The minimum Gasteiger partial charge on any atom is -0.375 e. The minimum atomic E-state index is -0.182. The molecule has 1 fully saturated rings. The molecule has 0 radical (unpaired) electrons. The van der Waals surface area contributed by atoms with Crippen molar-refractivity contribution in [2.45, 2.75) is 25.6 Å². The molecule has 0 unspecified atom stereocenters. The lowest BCUT2D eigenvalue weighted by molar-refractivity contribution is 0.0512. The first-order valence-electron chi connectivity index (χ1n) is 9.19. The lowest BCUT2D eigenvalue weighted by Gasteiger charge is -2.19. The van der Waals surface area contributed by atoms with Crippen molar-refractivity contribution in [2.75, 3.05) is 26.7 Å². The Morgan fingerprint density at radius 1 is 1.37 bits per heavy atom. The number of nitrogens with one attached hydrogen (secondary N) is 2. The van der Waals surface area contributed by atoms with E-state index in [2.05, 4.69) is 25.4 Å². The summed E-state index contributed by atoms with van der Waals surface area (Å²) in [7, 11) is 2.03. The number of hydrogen-bond acceptors (Lipinski definition) is 5. The summed E-state index contributed by atoms with van der Waals surface area (Å²) in [5.41, 5.74) is 3.24. The number of carbonyl (C=O) groups is 1. The Labute approximate surface area is 157 Å². The fourth-order valence-electron chi connectivity index (χ4n) is 3.60. The number of aromatic amines is 1. The smallest absolute Gasteiger partial charge is 0.272 e. The van der Waals surface area contributed by atoms with E-state index < -0.39 is 0 Å². The quantitative estimate of drug-likeness (QED) is 0.684. The zero-order valence-electron chi connectivity index (χ0n) is 15.6. The average Bonchev–Trinajstić information content (AvgIpc) is 3.36. The van der Waals surface area contributed by atoms with Crippen LogP contribution in [0.25, 0.3) is 11.0 Å². The molecular weight excluding hydrogens is 344 g/mol. The van der Waals surface area contributed by atoms with Gasteiger partial charge in [-0.05, 0) is 32.2 Å². The van der Waals surface area contributed by atoms with Crippen molar-refractivity contribution >= 4 is 16.9 Å². The number of benzene rings is 1. The average molecular weight is 368 g/mol. The molecule has 4 rings (SSSR count). The summed E-state index contributed by atoms with van der Waals surface area (Å²) in [6.07, 6.45) is 1.81. The molecule has 2 N–H and O–H groups in total. The van der Waals surface area contributed by atoms with Gasteiger partial charge in [0.2, 0.25) is 0 Å². The zero-order valence-corrected chi connectivity index (χ0v) is 15.6. The number of H-pyrrole nitrogens is 1. The third kappa shape index (κ3) is 3.72. The molecule has 0 spiro atoms. The Morgan fingerprint density at radius 3 is 3.07 bits per heavy atom. The van der Waals surface area contributed by atoms with Crippen LogP contribution in [-0.2, 0) is 11.3 Å². The number of hydrogen-bond donors (Lipinski definition) is 2. The largest absolute Gasteiger partial charge is 0.375 e.